The Morgan fingerprint density at radius 2 is 1.71 bits per heavy atom. The maximum absolute atomic E-state index is 12.7. The van der Waals surface area contributed by atoms with Crippen LogP contribution in [0.5, 0.6) is 0 Å². The van der Waals surface area contributed by atoms with E-state index in [1.165, 1.54) is 37.5 Å². The monoisotopic (exact) mass is 488 g/mol. The Bertz CT molecular complexity index is 1170. The van der Waals surface area contributed by atoms with Crippen LogP contribution in [-0.2, 0) is 15.7 Å². The van der Waals surface area contributed by atoms with E-state index < -0.39 is 17.8 Å². The number of carbonyl (C=O) groups is 2. The average molecular weight is 488 g/mol. The summed E-state index contributed by atoms with van der Waals surface area (Å²) in [5.74, 6) is 0.776. The average Bonchev–Trinajstić information content (AvgIpc) is 3.28. The van der Waals surface area contributed by atoms with Gasteiger partial charge in [0.05, 0.1) is 17.4 Å². The zero-order chi connectivity index (χ0) is 25.0. The van der Waals surface area contributed by atoms with Crippen molar-refractivity contribution in [1.29, 1.82) is 0 Å². The van der Waals surface area contributed by atoms with Gasteiger partial charge in [-0.15, -0.1) is 5.10 Å². The molecule has 1 saturated heterocycles. The van der Waals surface area contributed by atoms with E-state index in [4.69, 9.17) is 4.74 Å². The van der Waals surface area contributed by atoms with Gasteiger partial charge in [0, 0.05) is 50.8 Å². The number of alkyl halides is 3. The number of esters is 1. The van der Waals surface area contributed by atoms with Crippen molar-refractivity contribution in [1.82, 2.24) is 14.8 Å². The summed E-state index contributed by atoms with van der Waals surface area (Å²) in [6.07, 6.45) is -0.0699. The molecule has 3 heterocycles. The van der Waals surface area contributed by atoms with Gasteiger partial charge in [-0.25, -0.2) is 9.78 Å². The number of nitrogens with one attached hydrogen (secondary N) is 2. The van der Waals surface area contributed by atoms with Crippen LogP contribution in [0.15, 0.2) is 54.9 Å². The number of hydrogen-bond acceptors (Lipinski definition) is 7. The van der Waals surface area contributed by atoms with Crippen molar-refractivity contribution in [3.8, 4) is 0 Å². The zero-order valence-electron chi connectivity index (χ0n) is 18.7. The molecule has 3 aromatic rings. The molecule has 12 heteroatoms. The molecule has 0 radical (unpaired) electrons. The van der Waals surface area contributed by atoms with Gasteiger partial charge in [-0.3, -0.25) is 4.79 Å². The summed E-state index contributed by atoms with van der Waals surface area (Å²) >= 11 is 0. The van der Waals surface area contributed by atoms with Crippen LogP contribution in [0, 0.1) is 0 Å². The van der Waals surface area contributed by atoms with Crippen LogP contribution in [-0.4, -0.2) is 46.0 Å². The lowest BCUT2D eigenvalue weighted by Gasteiger charge is -2.32. The summed E-state index contributed by atoms with van der Waals surface area (Å²) in [6.45, 7) is 2.82. The second-order valence-electron chi connectivity index (χ2n) is 7.98. The van der Waals surface area contributed by atoms with E-state index in [0.717, 1.165) is 35.5 Å². The van der Waals surface area contributed by atoms with Gasteiger partial charge in [0.25, 0.3) is 0 Å². The van der Waals surface area contributed by atoms with Gasteiger partial charge >= 0.3 is 18.2 Å². The van der Waals surface area contributed by atoms with Crippen molar-refractivity contribution in [2.75, 3.05) is 28.6 Å². The summed E-state index contributed by atoms with van der Waals surface area (Å²) < 4.78 is 44.4. The first kappa shape index (κ1) is 24.0. The number of anilines is 4. The minimum absolute atomic E-state index is 0.0741. The summed E-state index contributed by atoms with van der Waals surface area (Å²) in [5, 5.41) is 9.64. The van der Waals surface area contributed by atoms with Crippen molar-refractivity contribution in [2.24, 2.45) is 0 Å². The lowest BCUT2D eigenvalue weighted by molar-refractivity contribution is -0.147. The first-order chi connectivity index (χ1) is 16.7. The van der Waals surface area contributed by atoms with Gasteiger partial charge in [0.15, 0.2) is 5.82 Å². The minimum Gasteiger partial charge on any atom is -0.462 e. The molecule has 0 bridgehead atoms. The molecular formula is C23H23F3N6O3. The molecule has 4 rings (SSSR count). The molecule has 1 aliphatic rings. The van der Waals surface area contributed by atoms with Gasteiger partial charge in [0.1, 0.15) is 11.9 Å². The smallest absolute Gasteiger partial charge is 0.416 e. The molecule has 2 aromatic heterocycles. The Hall–Kier alpha value is -4.09. The van der Waals surface area contributed by atoms with Crippen LogP contribution in [0.25, 0.3) is 0 Å². The van der Waals surface area contributed by atoms with Crippen molar-refractivity contribution in [2.45, 2.75) is 32.0 Å². The summed E-state index contributed by atoms with van der Waals surface area (Å²) in [7, 11) is 0. The fourth-order valence-corrected chi connectivity index (χ4v) is 3.66. The van der Waals surface area contributed by atoms with E-state index in [1.807, 2.05) is 0 Å². The zero-order valence-corrected chi connectivity index (χ0v) is 18.7. The van der Waals surface area contributed by atoms with Gasteiger partial charge < -0.3 is 20.3 Å². The van der Waals surface area contributed by atoms with E-state index >= 15 is 0 Å². The molecule has 0 unspecified atom stereocenters. The lowest BCUT2D eigenvalue weighted by atomic mass is 10.1. The SMILES string of the molecule is CC(=O)OC1CCN(c2ccc(NC(=O)n3ccc(Nc4ccc(C(F)(F)F)cc4)n3)cn2)CC1. The van der Waals surface area contributed by atoms with E-state index in [-0.39, 0.29) is 12.1 Å². The minimum atomic E-state index is -4.41. The number of rotatable bonds is 5. The van der Waals surface area contributed by atoms with Gasteiger partial charge in [-0.1, -0.05) is 0 Å². The Morgan fingerprint density at radius 1 is 1.03 bits per heavy atom. The highest BCUT2D eigenvalue weighted by Crippen LogP contribution is 2.30. The Labute approximate surface area is 198 Å². The largest absolute Gasteiger partial charge is 0.462 e. The van der Waals surface area contributed by atoms with E-state index in [1.54, 1.807) is 12.1 Å². The third-order valence-electron chi connectivity index (χ3n) is 5.38. The van der Waals surface area contributed by atoms with Crippen LogP contribution in [0.4, 0.5) is 41.0 Å². The van der Waals surface area contributed by atoms with Gasteiger partial charge in [-0.05, 0) is 36.4 Å². The van der Waals surface area contributed by atoms with Gasteiger partial charge in [-0.2, -0.15) is 17.9 Å². The molecule has 1 amide bonds. The fraction of sp³-hybridized carbons (Fsp3) is 0.304. The second kappa shape index (κ2) is 10.0. The van der Waals surface area contributed by atoms with Crippen LogP contribution in [0.1, 0.15) is 25.3 Å². The maximum atomic E-state index is 12.7. The van der Waals surface area contributed by atoms with Gasteiger partial charge in [0.2, 0.25) is 0 Å². The Morgan fingerprint density at radius 3 is 2.31 bits per heavy atom. The number of aromatic nitrogens is 3. The van der Waals surface area contributed by atoms with Crippen LogP contribution < -0.4 is 15.5 Å². The number of benzene rings is 1. The third-order valence-corrected chi connectivity index (χ3v) is 5.38. The predicted molar refractivity (Wildman–Crippen MR) is 123 cm³/mol. The van der Waals surface area contributed by atoms with E-state index in [9.17, 15) is 22.8 Å². The number of pyridine rings is 1. The highest BCUT2D eigenvalue weighted by Gasteiger charge is 2.30. The van der Waals surface area contributed by atoms with Crippen LogP contribution in [0.3, 0.4) is 0 Å². The molecule has 184 valence electrons. The predicted octanol–water partition coefficient (Wildman–Crippen LogP) is 4.65. The Balaban J connectivity index is 1.30. The quantitative estimate of drug-likeness (QED) is 0.504. The molecule has 0 atom stereocenters. The molecule has 0 aliphatic carbocycles. The number of halogens is 3. The molecule has 9 nitrogen and oxygen atoms in total. The number of piperidine rings is 1. The third kappa shape index (κ3) is 6.28. The molecule has 1 aromatic carbocycles. The molecule has 1 aliphatic heterocycles. The Kier molecular flexibility index (Phi) is 6.90. The molecule has 0 saturated carbocycles. The normalized spacial score (nSPS) is 14.5. The first-order valence-electron chi connectivity index (χ1n) is 10.9. The van der Waals surface area contributed by atoms with Crippen molar-refractivity contribution in [3.63, 3.8) is 0 Å². The molecule has 0 spiro atoms. The number of carbonyl (C=O) groups excluding carboxylic acids is 2. The van der Waals surface area contributed by atoms with Crippen molar-refractivity contribution in [3.05, 3.63) is 60.4 Å². The number of hydrogen-bond donors (Lipinski definition) is 2. The van der Waals surface area contributed by atoms with Crippen LogP contribution in [0.2, 0.25) is 0 Å². The summed E-state index contributed by atoms with van der Waals surface area (Å²) in [5.41, 5.74) is 0.126. The number of amides is 1. The van der Waals surface area contributed by atoms with Crippen LogP contribution >= 0.6 is 0 Å². The van der Waals surface area contributed by atoms with E-state index in [0.29, 0.717) is 30.3 Å². The number of ether oxygens (including phenoxy) is 1. The standard InChI is InChI=1S/C23H23F3N6O3/c1-15(33)35-19-8-11-31(12-9-19)21-7-6-18(14-27-21)29-22(34)32-13-10-20(30-32)28-17-4-2-16(3-5-17)23(24,25)26/h2-7,10,13-14,19H,8-9,11-12H2,1H3,(H,28,30)(H,29,34). The summed E-state index contributed by atoms with van der Waals surface area (Å²) in [6, 6.07) is 9.02. The fourth-order valence-electron chi connectivity index (χ4n) is 3.66. The molecule has 2 N–H and O–H groups in total. The summed E-state index contributed by atoms with van der Waals surface area (Å²) in [4.78, 5) is 30.1. The highest BCUT2D eigenvalue weighted by molar-refractivity contribution is 5.90. The maximum Gasteiger partial charge on any atom is 0.416 e. The number of nitrogens with zero attached hydrogens (tertiary/aromatic N) is 4. The highest BCUT2D eigenvalue weighted by atomic mass is 19.4. The van der Waals surface area contributed by atoms with Crippen molar-refractivity contribution < 1.29 is 27.5 Å². The molecular weight excluding hydrogens is 465 g/mol. The van der Waals surface area contributed by atoms with Crippen molar-refractivity contribution >= 4 is 35.0 Å². The lowest BCUT2D eigenvalue weighted by Crippen LogP contribution is -2.38. The first-order valence-corrected chi connectivity index (χ1v) is 10.9. The molecule has 1 fully saturated rings. The topological polar surface area (TPSA) is 101 Å². The van der Waals surface area contributed by atoms with E-state index in [2.05, 4.69) is 25.6 Å². The second-order valence-corrected chi connectivity index (χ2v) is 7.98. The molecule has 35 heavy (non-hydrogen) atoms.